The fourth-order valence-electron chi connectivity index (χ4n) is 3.88. The Hall–Kier alpha value is -1.84. The van der Waals surface area contributed by atoms with Crippen LogP contribution in [0.25, 0.3) is 0 Å². The normalized spacial score (nSPS) is 24.7. The van der Waals surface area contributed by atoms with E-state index in [0.717, 1.165) is 36.2 Å². The number of rotatable bonds is 5. The number of hydrogen-bond donors (Lipinski definition) is 2. The van der Waals surface area contributed by atoms with E-state index in [4.69, 9.17) is 0 Å². The van der Waals surface area contributed by atoms with E-state index >= 15 is 0 Å². The number of fused-ring (bicyclic) bond motifs is 2. The molecule has 0 radical (unpaired) electrons. The number of nitrogens with one attached hydrogen (secondary N) is 2. The molecule has 138 valence electrons. The van der Waals surface area contributed by atoms with Crippen LogP contribution >= 0.6 is 11.3 Å². The van der Waals surface area contributed by atoms with Crippen LogP contribution in [0.2, 0.25) is 0 Å². The van der Waals surface area contributed by atoms with E-state index in [1.807, 2.05) is 19.1 Å². The maximum absolute atomic E-state index is 12.6. The van der Waals surface area contributed by atoms with E-state index in [9.17, 15) is 13.2 Å². The summed E-state index contributed by atoms with van der Waals surface area (Å²) in [7, 11) is -3.71. The molecule has 0 aliphatic heterocycles. The van der Waals surface area contributed by atoms with Crippen molar-refractivity contribution in [2.24, 2.45) is 11.8 Å². The molecule has 0 unspecified atom stereocenters. The van der Waals surface area contributed by atoms with Gasteiger partial charge in [-0.15, -0.1) is 10.2 Å². The lowest BCUT2D eigenvalue weighted by molar-refractivity contribution is 0.102. The Balaban J connectivity index is 1.43. The first kappa shape index (κ1) is 17.6. The summed E-state index contributed by atoms with van der Waals surface area (Å²) in [5.41, 5.74) is 1.54. The Bertz CT molecular complexity index is 924. The van der Waals surface area contributed by atoms with Gasteiger partial charge in [-0.05, 0) is 50.2 Å². The molecule has 3 atom stereocenters. The minimum Gasteiger partial charge on any atom is -0.296 e. The van der Waals surface area contributed by atoms with Crippen molar-refractivity contribution in [3.05, 3.63) is 35.4 Å². The molecule has 2 aliphatic rings. The van der Waals surface area contributed by atoms with Gasteiger partial charge < -0.3 is 0 Å². The molecular weight excluding hydrogens is 372 g/mol. The standard InChI is InChI=1S/C17H20N4O3S2/c1-10-2-5-12(6-3-10)15(22)18-16-19-20-17(25-16)26(23,24)21-14-9-11-4-7-13(14)8-11/h2-3,5-6,11,13-14,21H,4,7-9H2,1H3,(H,18,19,22)/t11-,13-,14+/m0/s1. The number of anilines is 1. The smallest absolute Gasteiger partial charge is 0.270 e. The molecule has 0 saturated heterocycles. The topological polar surface area (TPSA) is 101 Å². The van der Waals surface area contributed by atoms with E-state index in [1.54, 1.807) is 12.1 Å². The summed E-state index contributed by atoms with van der Waals surface area (Å²) >= 11 is 0.865. The molecule has 1 heterocycles. The molecular formula is C17H20N4O3S2. The second kappa shape index (κ2) is 6.71. The van der Waals surface area contributed by atoms with Crippen LogP contribution < -0.4 is 10.0 Å². The van der Waals surface area contributed by atoms with Crippen molar-refractivity contribution in [3.8, 4) is 0 Å². The van der Waals surface area contributed by atoms with Crippen molar-refractivity contribution in [2.45, 2.75) is 43.0 Å². The summed E-state index contributed by atoms with van der Waals surface area (Å²) in [5, 5.41) is 10.3. The largest absolute Gasteiger partial charge is 0.296 e. The number of benzene rings is 1. The SMILES string of the molecule is Cc1ccc(C(=O)Nc2nnc(S(=O)(=O)N[C@@H]3C[C@H]4CC[C@H]3C4)s2)cc1. The summed E-state index contributed by atoms with van der Waals surface area (Å²) < 4.78 is 27.8. The van der Waals surface area contributed by atoms with Crippen molar-refractivity contribution < 1.29 is 13.2 Å². The fraction of sp³-hybridized carbons (Fsp3) is 0.471. The first-order chi connectivity index (χ1) is 12.4. The van der Waals surface area contributed by atoms with Crippen molar-refractivity contribution in [2.75, 3.05) is 5.32 Å². The predicted octanol–water partition coefficient (Wildman–Crippen LogP) is 2.57. The number of sulfonamides is 1. The van der Waals surface area contributed by atoms with Gasteiger partial charge in [0.25, 0.3) is 15.9 Å². The molecule has 2 fully saturated rings. The average Bonchev–Trinajstić information content (AvgIpc) is 3.32. The minimum atomic E-state index is -3.71. The molecule has 2 aromatic rings. The van der Waals surface area contributed by atoms with Gasteiger partial charge in [0, 0.05) is 11.6 Å². The van der Waals surface area contributed by atoms with Crippen LogP contribution in [-0.2, 0) is 10.0 Å². The molecule has 9 heteroatoms. The van der Waals surface area contributed by atoms with Crippen LogP contribution in [0.1, 0.15) is 41.6 Å². The zero-order valence-electron chi connectivity index (χ0n) is 14.3. The minimum absolute atomic E-state index is 0.00625. The molecule has 2 saturated carbocycles. The Morgan fingerprint density at radius 3 is 2.58 bits per heavy atom. The maximum atomic E-state index is 12.6. The van der Waals surface area contributed by atoms with Gasteiger partial charge in [-0.25, -0.2) is 13.1 Å². The zero-order valence-corrected chi connectivity index (χ0v) is 15.9. The van der Waals surface area contributed by atoms with Crippen LogP contribution in [0.5, 0.6) is 0 Å². The van der Waals surface area contributed by atoms with E-state index in [2.05, 4.69) is 20.2 Å². The molecule has 1 aromatic carbocycles. The van der Waals surface area contributed by atoms with Gasteiger partial charge in [-0.1, -0.05) is 35.5 Å². The van der Waals surface area contributed by atoms with Gasteiger partial charge in [-0.3, -0.25) is 10.1 Å². The van der Waals surface area contributed by atoms with Crippen LogP contribution in [-0.4, -0.2) is 30.6 Å². The van der Waals surface area contributed by atoms with Gasteiger partial charge in [0.1, 0.15) is 0 Å². The lowest BCUT2D eigenvalue weighted by Gasteiger charge is -2.21. The van der Waals surface area contributed by atoms with Crippen LogP contribution in [0.15, 0.2) is 28.6 Å². The van der Waals surface area contributed by atoms with Gasteiger partial charge >= 0.3 is 0 Å². The van der Waals surface area contributed by atoms with Crippen molar-refractivity contribution in [1.29, 1.82) is 0 Å². The second-order valence-corrected chi connectivity index (χ2v) is 9.96. The van der Waals surface area contributed by atoms with Crippen LogP contribution in [0.4, 0.5) is 5.13 Å². The quantitative estimate of drug-likeness (QED) is 0.762. The number of carbonyl (C=O) groups excluding carboxylic acids is 1. The molecule has 26 heavy (non-hydrogen) atoms. The van der Waals surface area contributed by atoms with Gasteiger partial charge in [0.05, 0.1) is 0 Å². The Kier molecular flexibility index (Phi) is 4.54. The average molecular weight is 393 g/mol. The summed E-state index contributed by atoms with van der Waals surface area (Å²) in [6, 6.07) is 7.09. The molecule has 0 spiro atoms. The third-order valence-electron chi connectivity index (χ3n) is 5.22. The highest BCUT2D eigenvalue weighted by Gasteiger charge is 2.41. The number of nitrogens with zero attached hydrogens (tertiary/aromatic N) is 2. The highest BCUT2D eigenvalue weighted by atomic mass is 32.2. The van der Waals surface area contributed by atoms with Crippen molar-refractivity contribution in [1.82, 2.24) is 14.9 Å². The Morgan fingerprint density at radius 2 is 1.92 bits per heavy atom. The first-order valence-electron chi connectivity index (χ1n) is 8.64. The third kappa shape index (κ3) is 3.51. The monoisotopic (exact) mass is 392 g/mol. The van der Waals surface area contributed by atoms with Gasteiger partial charge in [0.15, 0.2) is 0 Å². The number of hydrogen-bond acceptors (Lipinski definition) is 6. The van der Waals surface area contributed by atoms with E-state index in [1.165, 1.54) is 6.42 Å². The third-order valence-corrected chi connectivity index (χ3v) is 7.91. The molecule has 1 aromatic heterocycles. The molecule has 4 rings (SSSR count). The van der Waals surface area contributed by atoms with Crippen molar-refractivity contribution >= 4 is 32.4 Å². The summed E-state index contributed by atoms with van der Waals surface area (Å²) in [4.78, 5) is 12.2. The highest BCUT2D eigenvalue weighted by Crippen LogP contribution is 2.44. The number of aromatic nitrogens is 2. The van der Waals surface area contributed by atoms with Gasteiger partial charge in [-0.2, -0.15) is 0 Å². The zero-order chi connectivity index (χ0) is 18.3. The summed E-state index contributed by atoms with van der Waals surface area (Å²) in [6.07, 6.45) is 4.31. The molecule has 2 aliphatic carbocycles. The second-order valence-electron chi connectivity index (χ2n) is 7.10. The molecule has 1 amide bonds. The van der Waals surface area contributed by atoms with Crippen LogP contribution in [0.3, 0.4) is 0 Å². The lowest BCUT2D eigenvalue weighted by atomic mass is 9.96. The summed E-state index contributed by atoms with van der Waals surface area (Å²) in [6.45, 7) is 1.94. The summed E-state index contributed by atoms with van der Waals surface area (Å²) in [5.74, 6) is 0.737. The van der Waals surface area contributed by atoms with Crippen molar-refractivity contribution in [3.63, 3.8) is 0 Å². The molecule has 7 nitrogen and oxygen atoms in total. The molecule has 2 bridgehead atoms. The number of carbonyl (C=O) groups is 1. The van der Waals surface area contributed by atoms with E-state index in [0.29, 0.717) is 17.4 Å². The lowest BCUT2D eigenvalue weighted by Crippen LogP contribution is -2.38. The highest BCUT2D eigenvalue weighted by molar-refractivity contribution is 7.91. The maximum Gasteiger partial charge on any atom is 0.270 e. The number of amides is 1. The van der Waals surface area contributed by atoms with E-state index < -0.39 is 10.0 Å². The van der Waals surface area contributed by atoms with E-state index in [-0.39, 0.29) is 21.4 Å². The van der Waals surface area contributed by atoms with Gasteiger partial charge in [0.2, 0.25) is 9.47 Å². The Labute approximate surface area is 156 Å². The fourth-order valence-corrected chi connectivity index (χ4v) is 6.11. The van der Waals surface area contributed by atoms with Crippen LogP contribution in [0, 0.1) is 18.8 Å². The Morgan fingerprint density at radius 1 is 1.15 bits per heavy atom. The first-order valence-corrected chi connectivity index (χ1v) is 10.9. The number of aryl methyl sites for hydroxylation is 1. The molecule has 2 N–H and O–H groups in total. The predicted molar refractivity (Wildman–Crippen MR) is 98.6 cm³/mol.